The Morgan fingerprint density at radius 2 is 1.77 bits per heavy atom. The van der Waals surface area contributed by atoms with Crippen LogP contribution in [0.3, 0.4) is 0 Å². The maximum Gasteiger partial charge on any atom is 0.226 e. The van der Waals surface area contributed by atoms with Crippen molar-refractivity contribution in [1.29, 1.82) is 0 Å². The van der Waals surface area contributed by atoms with Gasteiger partial charge < -0.3 is 9.80 Å². The third-order valence-corrected chi connectivity index (χ3v) is 7.15. The van der Waals surface area contributed by atoms with Crippen LogP contribution < -0.4 is 4.90 Å². The molecule has 31 heavy (non-hydrogen) atoms. The molecule has 0 saturated carbocycles. The summed E-state index contributed by atoms with van der Waals surface area (Å²) in [4.78, 5) is 18.5. The third-order valence-electron chi connectivity index (χ3n) is 6.26. The van der Waals surface area contributed by atoms with Crippen LogP contribution in [0.1, 0.15) is 24.8 Å². The molecular weight excluding hydrogens is 404 g/mol. The molecule has 5 nitrogen and oxygen atoms in total. The van der Waals surface area contributed by atoms with Crippen molar-refractivity contribution >= 4 is 28.6 Å². The lowest BCUT2D eigenvalue weighted by atomic mass is 9.93. The summed E-state index contributed by atoms with van der Waals surface area (Å²) >= 11 is 1.67. The fourth-order valence-electron chi connectivity index (χ4n) is 4.45. The number of carbonyl (C=O) groups is 1. The molecule has 0 radical (unpaired) electrons. The van der Waals surface area contributed by atoms with Crippen LogP contribution in [-0.2, 0) is 4.79 Å². The predicted molar refractivity (Wildman–Crippen MR) is 126 cm³/mol. The summed E-state index contributed by atoms with van der Waals surface area (Å²) in [5.41, 5.74) is 3.54. The average molecular weight is 431 g/mol. The number of aromatic nitrogens is 2. The molecule has 2 aliphatic rings. The molecule has 1 saturated heterocycles. The van der Waals surface area contributed by atoms with Crippen LogP contribution >= 0.6 is 11.3 Å². The summed E-state index contributed by atoms with van der Waals surface area (Å²) in [6.07, 6.45) is 4.90. The van der Waals surface area contributed by atoms with Crippen LogP contribution in [0.4, 0.5) is 5.82 Å². The van der Waals surface area contributed by atoms with Gasteiger partial charge in [-0.15, -0.1) is 21.5 Å². The largest absolute Gasteiger partial charge is 0.355 e. The molecule has 4 heterocycles. The van der Waals surface area contributed by atoms with Gasteiger partial charge in [0.05, 0.1) is 4.88 Å². The van der Waals surface area contributed by atoms with Gasteiger partial charge in [0.15, 0.2) is 5.82 Å². The molecule has 158 valence electrons. The first kappa shape index (κ1) is 19.9. The fourth-order valence-corrected chi connectivity index (χ4v) is 5.14. The van der Waals surface area contributed by atoms with Crippen LogP contribution in [0.5, 0.6) is 0 Å². The minimum Gasteiger partial charge on any atom is -0.355 e. The molecule has 0 spiro atoms. The second-order valence-corrected chi connectivity index (χ2v) is 9.09. The van der Waals surface area contributed by atoms with Crippen LogP contribution in [0.2, 0.25) is 0 Å². The molecule has 0 bridgehead atoms. The van der Waals surface area contributed by atoms with Crippen molar-refractivity contribution in [3.05, 3.63) is 71.6 Å². The molecule has 3 aromatic rings. The Hall–Kier alpha value is -2.99. The van der Waals surface area contributed by atoms with E-state index in [1.54, 1.807) is 11.3 Å². The molecule has 2 aliphatic heterocycles. The van der Waals surface area contributed by atoms with Crippen molar-refractivity contribution in [3.63, 3.8) is 0 Å². The van der Waals surface area contributed by atoms with E-state index in [4.69, 9.17) is 0 Å². The number of rotatable bonds is 4. The molecular formula is C25H26N4OS. The second kappa shape index (κ2) is 9.02. The summed E-state index contributed by atoms with van der Waals surface area (Å²) in [5.74, 6) is 1.32. The highest BCUT2D eigenvalue weighted by atomic mass is 32.1. The van der Waals surface area contributed by atoms with Gasteiger partial charge in [0.2, 0.25) is 5.91 Å². The van der Waals surface area contributed by atoms with Gasteiger partial charge in [-0.2, -0.15) is 0 Å². The average Bonchev–Trinajstić information content (AvgIpc) is 3.40. The van der Waals surface area contributed by atoms with Gasteiger partial charge in [0.1, 0.15) is 5.69 Å². The van der Waals surface area contributed by atoms with E-state index in [-0.39, 0.29) is 5.92 Å². The van der Waals surface area contributed by atoms with Gasteiger partial charge in [-0.1, -0.05) is 42.5 Å². The fraction of sp³-hybridized carbons (Fsp3) is 0.320. The Morgan fingerprint density at radius 3 is 2.42 bits per heavy atom. The van der Waals surface area contributed by atoms with Gasteiger partial charge in [-0.05, 0) is 54.0 Å². The summed E-state index contributed by atoms with van der Waals surface area (Å²) < 4.78 is 0. The zero-order chi connectivity index (χ0) is 21.0. The Labute approximate surface area is 187 Å². The van der Waals surface area contributed by atoms with Crippen molar-refractivity contribution in [3.8, 4) is 10.6 Å². The Balaban J connectivity index is 1.15. The monoisotopic (exact) mass is 430 g/mol. The topological polar surface area (TPSA) is 49.3 Å². The molecule has 2 aromatic heterocycles. The van der Waals surface area contributed by atoms with Crippen molar-refractivity contribution in [2.45, 2.75) is 19.3 Å². The molecule has 5 rings (SSSR count). The number of nitrogens with zero attached hydrogens (tertiary/aromatic N) is 4. The second-order valence-electron chi connectivity index (χ2n) is 8.15. The van der Waals surface area contributed by atoms with Gasteiger partial charge >= 0.3 is 0 Å². The lowest BCUT2D eigenvalue weighted by molar-refractivity contribution is -0.135. The first-order valence-corrected chi connectivity index (χ1v) is 11.8. The smallest absolute Gasteiger partial charge is 0.226 e. The number of anilines is 1. The first-order valence-electron chi connectivity index (χ1n) is 10.9. The van der Waals surface area contributed by atoms with Crippen molar-refractivity contribution < 1.29 is 4.79 Å². The highest BCUT2D eigenvalue weighted by molar-refractivity contribution is 7.13. The number of amides is 1. The number of benzene rings is 1. The summed E-state index contributed by atoms with van der Waals surface area (Å²) in [6.45, 7) is 3.24. The van der Waals surface area contributed by atoms with E-state index in [0.29, 0.717) is 5.91 Å². The third kappa shape index (κ3) is 4.39. The van der Waals surface area contributed by atoms with Crippen molar-refractivity contribution in [1.82, 2.24) is 15.1 Å². The normalized spacial score (nSPS) is 17.5. The molecule has 0 N–H and O–H groups in total. The minimum atomic E-state index is 0.112. The van der Waals surface area contributed by atoms with E-state index in [1.807, 2.05) is 34.5 Å². The molecule has 6 heteroatoms. The van der Waals surface area contributed by atoms with Crippen LogP contribution in [0.25, 0.3) is 16.1 Å². The number of hydrogen-bond acceptors (Lipinski definition) is 5. The molecule has 0 atom stereocenters. The Bertz CT molecular complexity index is 1040. The molecule has 1 fully saturated rings. The van der Waals surface area contributed by atoms with E-state index in [9.17, 15) is 4.79 Å². The van der Waals surface area contributed by atoms with Crippen molar-refractivity contribution in [2.75, 3.05) is 31.1 Å². The van der Waals surface area contributed by atoms with E-state index in [0.717, 1.165) is 61.8 Å². The molecule has 1 aromatic carbocycles. The quantitative estimate of drug-likeness (QED) is 0.600. The zero-order valence-corrected chi connectivity index (χ0v) is 18.3. The SMILES string of the molecule is O=C(C1CCN(c2ccc(-c3cccs3)nn2)CC1)N1CC=C(c2ccccc2)CC1. The molecule has 0 unspecified atom stereocenters. The highest BCUT2D eigenvalue weighted by Crippen LogP contribution is 2.28. The molecule has 0 aliphatic carbocycles. The van der Waals surface area contributed by atoms with Gasteiger partial charge in [0, 0.05) is 32.1 Å². The minimum absolute atomic E-state index is 0.112. The number of piperidine rings is 1. The van der Waals surface area contributed by atoms with E-state index >= 15 is 0 Å². The van der Waals surface area contributed by atoms with Crippen molar-refractivity contribution in [2.24, 2.45) is 5.92 Å². The number of thiophene rings is 1. The maximum atomic E-state index is 13.1. The van der Waals surface area contributed by atoms with Gasteiger partial charge in [0.25, 0.3) is 0 Å². The summed E-state index contributed by atoms with van der Waals surface area (Å²) in [6, 6.07) is 18.6. The number of hydrogen-bond donors (Lipinski definition) is 0. The van der Waals surface area contributed by atoms with Gasteiger partial charge in [-0.3, -0.25) is 4.79 Å². The Morgan fingerprint density at radius 1 is 0.935 bits per heavy atom. The lowest BCUT2D eigenvalue weighted by Crippen LogP contribution is -2.44. The maximum absolute atomic E-state index is 13.1. The zero-order valence-electron chi connectivity index (χ0n) is 17.5. The Kier molecular flexibility index (Phi) is 5.80. The predicted octanol–water partition coefficient (Wildman–Crippen LogP) is 4.74. The van der Waals surface area contributed by atoms with E-state index < -0.39 is 0 Å². The standard InChI is InChI=1S/C25H26N4OS/c30-25(29-16-10-20(11-17-29)19-5-2-1-3-6-19)21-12-14-28(15-13-21)24-9-8-22(26-27-24)23-7-4-18-31-23/h1-10,18,21H,11-17H2. The van der Waals surface area contributed by atoms with E-state index in [1.165, 1.54) is 11.1 Å². The molecule has 1 amide bonds. The lowest BCUT2D eigenvalue weighted by Gasteiger charge is -2.35. The van der Waals surface area contributed by atoms with Crippen LogP contribution in [-0.4, -0.2) is 47.2 Å². The summed E-state index contributed by atoms with van der Waals surface area (Å²) in [5, 5.41) is 10.9. The highest BCUT2D eigenvalue weighted by Gasteiger charge is 2.30. The van der Waals surface area contributed by atoms with Gasteiger partial charge in [-0.25, -0.2) is 0 Å². The van der Waals surface area contributed by atoms with E-state index in [2.05, 4.69) is 51.5 Å². The number of carbonyl (C=O) groups excluding carboxylic acids is 1. The van der Waals surface area contributed by atoms with Crippen LogP contribution in [0, 0.1) is 5.92 Å². The first-order chi connectivity index (χ1) is 15.3. The van der Waals surface area contributed by atoms with Crippen LogP contribution in [0.15, 0.2) is 66.1 Å². The summed E-state index contributed by atoms with van der Waals surface area (Å²) in [7, 11) is 0.